The lowest BCUT2D eigenvalue weighted by molar-refractivity contribution is 0.0263. The minimum Gasteiger partial charge on any atom is -0.455 e. The second-order valence-electron chi connectivity index (χ2n) is 7.32. The van der Waals surface area contributed by atoms with Crippen LogP contribution in [0, 0.1) is 5.82 Å². The van der Waals surface area contributed by atoms with Gasteiger partial charge in [0.15, 0.2) is 5.75 Å². The lowest BCUT2D eigenvalue weighted by Gasteiger charge is -2.31. The largest absolute Gasteiger partial charge is 0.455 e. The molecule has 1 aromatic heterocycles. The van der Waals surface area contributed by atoms with E-state index in [0.717, 1.165) is 22.3 Å². The smallest absolute Gasteiger partial charge is 0.156 e. The molecule has 0 bridgehead atoms. The third-order valence-electron chi connectivity index (χ3n) is 5.54. The van der Waals surface area contributed by atoms with Gasteiger partial charge in [0, 0.05) is 17.3 Å². The van der Waals surface area contributed by atoms with Crippen LogP contribution in [0.2, 0.25) is 0 Å². The molecule has 1 unspecified atom stereocenters. The molecule has 5 heteroatoms. The summed E-state index contributed by atoms with van der Waals surface area (Å²) in [4.78, 5) is 4.62. The van der Waals surface area contributed by atoms with Crippen molar-refractivity contribution >= 4 is 11.6 Å². The van der Waals surface area contributed by atoms with Crippen LogP contribution in [0.15, 0.2) is 91.1 Å². The molecule has 0 fully saturated rings. The zero-order valence-corrected chi connectivity index (χ0v) is 17.4. The van der Waals surface area contributed by atoms with E-state index in [-0.39, 0.29) is 11.7 Å². The van der Waals surface area contributed by atoms with Gasteiger partial charge in [0.2, 0.25) is 0 Å². The molecular weight excluding hydrogens is 413 g/mol. The van der Waals surface area contributed by atoms with Gasteiger partial charge in [-0.05, 0) is 35.4 Å². The summed E-state index contributed by atoms with van der Waals surface area (Å²) in [6, 6.07) is 25.8. The normalized spacial score (nSPS) is 17.4. The molecular formula is C26H19ClFNO2. The third kappa shape index (κ3) is 3.38. The van der Waals surface area contributed by atoms with Gasteiger partial charge in [-0.25, -0.2) is 4.39 Å². The maximum absolute atomic E-state index is 13.7. The zero-order chi connectivity index (χ0) is 21.3. The maximum atomic E-state index is 13.7. The number of benzene rings is 3. The summed E-state index contributed by atoms with van der Waals surface area (Å²) in [6.45, 7) is 0.316. The molecule has 3 nitrogen and oxygen atoms in total. The predicted octanol–water partition coefficient (Wildman–Crippen LogP) is 6.57. The van der Waals surface area contributed by atoms with Crippen molar-refractivity contribution in [1.29, 1.82) is 0 Å². The molecule has 2 heterocycles. The van der Waals surface area contributed by atoms with Crippen LogP contribution in [0.25, 0.3) is 0 Å². The number of aromatic nitrogens is 1. The van der Waals surface area contributed by atoms with E-state index in [2.05, 4.69) is 4.98 Å². The van der Waals surface area contributed by atoms with Crippen molar-refractivity contribution in [2.45, 2.75) is 18.1 Å². The number of halogens is 2. The number of hydrogen-bond donors (Lipinski definition) is 0. The fourth-order valence-corrected chi connectivity index (χ4v) is 4.29. The maximum Gasteiger partial charge on any atom is 0.156 e. The Bertz CT molecular complexity index is 1200. The minimum absolute atomic E-state index is 0.213. The summed E-state index contributed by atoms with van der Waals surface area (Å²) in [5, 5.41) is 0. The molecule has 0 saturated carbocycles. The second-order valence-corrected chi connectivity index (χ2v) is 7.59. The van der Waals surface area contributed by atoms with Crippen LogP contribution < -0.4 is 4.74 Å². The van der Waals surface area contributed by atoms with E-state index in [1.54, 1.807) is 18.3 Å². The number of hydrogen-bond acceptors (Lipinski definition) is 3. The van der Waals surface area contributed by atoms with Gasteiger partial charge in [0.25, 0.3) is 0 Å². The molecule has 1 aliphatic rings. The topological polar surface area (TPSA) is 31.4 Å². The predicted molar refractivity (Wildman–Crippen MR) is 118 cm³/mol. The summed E-state index contributed by atoms with van der Waals surface area (Å²) in [6.07, 6.45) is 1.80. The van der Waals surface area contributed by atoms with Gasteiger partial charge < -0.3 is 9.47 Å². The van der Waals surface area contributed by atoms with E-state index in [1.807, 2.05) is 60.7 Å². The highest BCUT2D eigenvalue weighted by Crippen LogP contribution is 2.50. The van der Waals surface area contributed by atoms with E-state index in [1.165, 1.54) is 12.1 Å². The monoisotopic (exact) mass is 431 g/mol. The Morgan fingerprint density at radius 1 is 0.903 bits per heavy atom. The number of rotatable bonds is 5. The molecule has 1 atom stereocenters. The number of fused-ring (bicyclic) bond motifs is 1. The fraction of sp³-hybridized carbons (Fsp3) is 0.115. The number of para-hydroxylation sites is 1. The minimum atomic E-state index is -0.920. The number of nitrogens with zero attached hydrogens (tertiary/aromatic N) is 1. The van der Waals surface area contributed by atoms with Gasteiger partial charge >= 0.3 is 0 Å². The average Bonchev–Trinajstić information content (AvgIpc) is 3.22. The van der Waals surface area contributed by atoms with Crippen LogP contribution in [-0.4, -0.2) is 4.98 Å². The SMILES string of the molecule is Fc1ccc(C2(c3ccccc3)OCc3c2cnc(CCl)c3Oc2ccccc2)cc1. The van der Waals surface area contributed by atoms with Crippen LogP contribution in [0.3, 0.4) is 0 Å². The van der Waals surface area contributed by atoms with E-state index >= 15 is 0 Å². The van der Waals surface area contributed by atoms with Crippen molar-refractivity contribution < 1.29 is 13.9 Å². The lowest BCUT2D eigenvalue weighted by atomic mass is 9.80. The van der Waals surface area contributed by atoms with Crippen molar-refractivity contribution in [3.8, 4) is 11.5 Å². The van der Waals surface area contributed by atoms with E-state index < -0.39 is 5.60 Å². The summed E-state index contributed by atoms with van der Waals surface area (Å²) in [5.74, 6) is 1.22. The molecule has 0 aliphatic carbocycles. The molecule has 3 aromatic carbocycles. The summed E-state index contributed by atoms with van der Waals surface area (Å²) in [5.41, 5.74) is 3.25. The van der Waals surface area contributed by atoms with Crippen LogP contribution in [0.5, 0.6) is 11.5 Å². The molecule has 0 spiro atoms. The zero-order valence-electron chi connectivity index (χ0n) is 16.6. The molecule has 1 aliphatic heterocycles. The molecule has 0 amide bonds. The number of pyridine rings is 1. The Labute approximate surface area is 185 Å². The highest BCUT2D eigenvalue weighted by molar-refractivity contribution is 6.17. The molecule has 0 N–H and O–H groups in total. The highest BCUT2D eigenvalue weighted by Gasteiger charge is 2.45. The van der Waals surface area contributed by atoms with E-state index in [4.69, 9.17) is 21.1 Å². The second kappa shape index (κ2) is 8.14. The van der Waals surface area contributed by atoms with Gasteiger partial charge in [-0.1, -0.05) is 60.7 Å². The fourth-order valence-electron chi connectivity index (χ4n) is 4.10. The van der Waals surface area contributed by atoms with Crippen molar-refractivity contribution in [1.82, 2.24) is 4.98 Å². The van der Waals surface area contributed by atoms with E-state index in [9.17, 15) is 4.39 Å². The number of ether oxygens (including phenoxy) is 2. The van der Waals surface area contributed by atoms with Gasteiger partial charge in [0.1, 0.15) is 17.2 Å². The number of alkyl halides is 1. The highest BCUT2D eigenvalue weighted by atomic mass is 35.5. The van der Waals surface area contributed by atoms with Gasteiger partial charge in [0.05, 0.1) is 18.2 Å². The Morgan fingerprint density at radius 3 is 2.23 bits per heavy atom. The van der Waals surface area contributed by atoms with Gasteiger partial charge in [-0.2, -0.15) is 0 Å². The van der Waals surface area contributed by atoms with Crippen LogP contribution in [-0.2, 0) is 22.8 Å². The molecule has 4 aromatic rings. The molecule has 0 saturated heterocycles. The average molecular weight is 432 g/mol. The van der Waals surface area contributed by atoms with E-state index in [0.29, 0.717) is 23.8 Å². The quantitative estimate of drug-likeness (QED) is 0.335. The summed E-state index contributed by atoms with van der Waals surface area (Å²) >= 11 is 6.20. The summed E-state index contributed by atoms with van der Waals surface area (Å²) < 4.78 is 26.5. The van der Waals surface area contributed by atoms with Crippen LogP contribution in [0.1, 0.15) is 27.9 Å². The third-order valence-corrected chi connectivity index (χ3v) is 5.80. The van der Waals surface area contributed by atoms with Crippen LogP contribution >= 0.6 is 11.6 Å². The van der Waals surface area contributed by atoms with Gasteiger partial charge in [-0.3, -0.25) is 4.98 Å². The first-order chi connectivity index (χ1) is 15.2. The molecule has 5 rings (SSSR count). The van der Waals surface area contributed by atoms with Crippen molar-refractivity contribution in [2.75, 3.05) is 0 Å². The Balaban J connectivity index is 1.73. The Morgan fingerprint density at radius 2 is 1.55 bits per heavy atom. The molecule has 0 radical (unpaired) electrons. The van der Waals surface area contributed by atoms with Gasteiger partial charge in [-0.15, -0.1) is 11.6 Å². The first-order valence-electron chi connectivity index (χ1n) is 9.98. The van der Waals surface area contributed by atoms with Crippen LogP contribution in [0.4, 0.5) is 4.39 Å². The Hall–Kier alpha value is -3.21. The summed E-state index contributed by atoms with van der Waals surface area (Å²) in [7, 11) is 0. The molecule has 154 valence electrons. The van der Waals surface area contributed by atoms with Crippen molar-refractivity contribution in [3.05, 3.63) is 125 Å². The first kappa shape index (κ1) is 19.7. The first-order valence-corrected chi connectivity index (χ1v) is 10.5. The van der Waals surface area contributed by atoms with Crippen molar-refractivity contribution in [3.63, 3.8) is 0 Å². The Kier molecular flexibility index (Phi) is 5.18. The standard InChI is InChI=1S/C26H19ClFNO2/c27-15-24-25(31-21-9-5-2-6-10-21)22-17-30-26(23(22)16-29-24,18-7-3-1-4-8-18)19-11-13-20(28)14-12-19/h1-14,16H,15,17H2. The van der Waals surface area contributed by atoms with Crippen molar-refractivity contribution in [2.24, 2.45) is 0 Å². The lowest BCUT2D eigenvalue weighted by Crippen LogP contribution is -2.28. The molecule has 31 heavy (non-hydrogen) atoms.